The van der Waals surface area contributed by atoms with E-state index in [0.717, 1.165) is 22.3 Å². The zero-order valence-corrected chi connectivity index (χ0v) is 13.8. The molecule has 126 valence electrons. The first kappa shape index (κ1) is 16.4. The van der Waals surface area contributed by atoms with Gasteiger partial charge in [0.1, 0.15) is 5.82 Å². The van der Waals surface area contributed by atoms with Crippen LogP contribution in [0.25, 0.3) is 11.1 Å². The minimum atomic E-state index is -3.71. The van der Waals surface area contributed by atoms with Crippen LogP contribution in [-0.4, -0.2) is 31.4 Å². The second kappa shape index (κ2) is 6.19. The molecule has 0 fully saturated rings. The Hall–Kier alpha value is -2.49. The third kappa shape index (κ3) is 3.53. The number of carbonyl (C=O) groups excluding carboxylic acids is 1. The first-order valence-electron chi connectivity index (χ1n) is 7.20. The fraction of sp³-hybridized carbons (Fsp3) is 0.200. The molecule has 0 saturated carbocycles. The molecule has 0 saturated heterocycles. The molecule has 4 N–H and O–H groups in total. The molecule has 1 aromatic carbocycles. The number of nitrogens with two attached hydrogens (primary N) is 1. The highest BCUT2D eigenvalue weighted by atomic mass is 32.2. The molecule has 0 aliphatic carbocycles. The summed E-state index contributed by atoms with van der Waals surface area (Å²) >= 11 is 0. The molecule has 1 aliphatic heterocycles. The number of rotatable bonds is 4. The van der Waals surface area contributed by atoms with Gasteiger partial charge in [-0.2, -0.15) is 13.1 Å². The van der Waals surface area contributed by atoms with Crippen LogP contribution >= 0.6 is 0 Å². The van der Waals surface area contributed by atoms with Crippen molar-refractivity contribution >= 4 is 22.1 Å². The lowest BCUT2D eigenvalue weighted by Gasteiger charge is -2.26. The number of fused-ring (bicyclic) bond motifs is 1. The summed E-state index contributed by atoms with van der Waals surface area (Å²) in [6, 6.07) is 9.15. The number of amides is 2. The third-order valence-electron chi connectivity index (χ3n) is 3.77. The van der Waals surface area contributed by atoms with E-state index in [1.165, 1.54) is 0 Å². The smallest absolute Gasteiger partial charge is 0.323 e. The lowest BCUT2D eigenvalue weighted by atomic mass is 9.98. The van der Waals surface area contributed by atoms with Crippen molar-refractivity contribution in [2.24, 2.45) is 5.14 Å². The largest absolute Gasteiger partial charge is 0.323 e. The van der Waals surface area contributed by atoms with Crippen molar-refractivity contribution < 1.29 is 13.2 Å². The monoisotopic (exact) mass is 347 g/mol. The highest BCUT2D eigenvalue weighted by Crippen LogP contribution is 2.31. The summed E-state index contributed by atoms with van der Waals surface area (Å²) in [6.07, 6.45) is 1.65. The second-order valence-corrected chi connectivity index (χ2v) is 6.91. The summed E-state index contributed by atoms with van der Waals surface area (Å²) in [5.74, 6) is 0.565. The van der Waals surface area contributed by atoms with Crippen LogP contribution in [-0.2, 0) is 23.3 Å². The number of hydrogen-bond donors (Lipinski definition) is 3. The normalized spacial score (nSPS) is 14.2. The Kier molecular flexibility index (Phi) is 4.22. The molecule has 0 radical (unpaired) electrons. The summed E-state index contributed by atoms with van der Waals surface area (Å²) in [5.41, 5.74) is 3.66. The summed E-state index contributed by atoms with van der Waals surface area (Å²) in [4.78, 5) is 17.5. The number of pyridine rings is 1. The molecule has 9 heteroatoms. The Bertz CT molecular complexity index is 880. The van der Waals surface area contributed by atoms with Gasteiger partial charge in [-0.15, -0.1) is 0 Å². The van der Waals surface area contributed by atoms with E-state index in [-0.39, 0.29) is 12.6 Å². The Balaban J connectivity index is 1.88. The molecule has 1 aliphatic rings. The maximum Gasteiger partial charge on any atom is 0.323 e. The van der Waals surface area contributed by atoms with Crippen LogP contribution in [0.15, 0.2) is 36.5 Å². The van der Waals surface area contributed by atoms with Crippen LogP contribution in [0.5, 0.6) is 0 Å². The van der Waals surface area contributed by atoms with Gasteiger partial charge < -0.3 is 4.90 Å². The Morgan fingerprint density at radius 2 is 2.00 bits per heavy atom. The van der Waals surface area contributed by atoms with Gasteiger partial charge in [0.25, 0.3) is 10.2 Å². The average molecular weight is 347 g/mol. The van der Waals surface area contributed by atoms with Gasteiger partial charge >= 0.3 is 6.03 Å². The zero-order chi connectivity index (χ0) is 17.3. The summed E-state index contributed by atoms with van der Waals surface area (Å²) < 4.78 is 24.1. The lowest BCUT2D eigenvalue weighted by molar-refractivity contribution is 0.218. The first-order chi connectivity index (χ1) is 11.3. The van der Waals surface area contributed by atoms with Crippen molar-refractivity contribution in [1.29, 1.82) is 0 Å². The van der Waals surface area contributed by atoms with Crippen LogP contribution in [0.4, 0.5) is 10.6 Å². The van der Waals surface area contributed by atoms with E-state index < -0.39 is 10.2 Å². The van der Waals surface area contributed by atoms with Crippen LogP contribution < -0.4 is 15.2 Å². The van der Waals surface area contributed by atoms with Crippen LogP contribution in [0.2, 0.25) is 0 Å². The van der Waals surface area contributed by atoms with Crippen molar-refractivity contribution in [3.8, 4) is 11.1 Å². The molecular weight excluding hydrogens is 330 g/mol. The van der Waals surface area contributed by atoms with Gasteiger partial charge in [-0.1, -0.05) is 24.3 Å². The number of hydrogen-bond acceptors (Lipinski definition) is 4. The quantitative estimate of drug-likeness (QED) is 0.765. The number of anilines is 1. The van der Waals surface area contributed by atoms with Crippen molar-refractivity contribution in [2.45, 2.75) is 13.1 Å². The highest BCUT2D eigenvalue weighted by Gasteiger charge is 2.23. The molecule has 2 heterocycles. The van der Waals surface area contributed by atoms with Gasteiger partial charge in [-0.05, 0) is 22.8 Å². The van der Waals surface area contributed by atoms with Gasteiger partial charge in [0, 0.05) is 25.4 Å². The molecule has 2 amide bonds. The minimum Gasteiger partial charge on any atom is -0.323 e. The molecule has 8 nitrogen and oxygen atoms in total. The Labute approximate surface area is 139 Å². The third-order valence-corrected chi connectivity index (χ3v) is 4.31. The fourth-order valence-corrected chi connectivity index (χ4v) is 2.89. The maximum absolute atomic E-state index is 11.7. The SMILES string of the molecule is CN1Cc2c(-c3ccc(CNS(N)(=O)=O)cc3)ccnc2NC1=O. The van der Waals surface area contributed by atoms with E-state index in [0.29, 0.717) is 12.4 Å². The molecule has 2 aromatic rings. The maximum atomic E-state index is 11.7. The predicted molar refractivity (Wildman–Crippen MR) is 90.1 cm³/mol. The number of aromatic nitrogens is 1. The molecule has 0 bridgehead atoms. The molecule has 0 spiro atoms. The van der Waals surface area contributed by atoms with Gasteiger partial charge in [0.2, 0.25) is 0 Å². The number of urea groups is 1. The summed E-state index contributed by atoms with van der Waals surface area (Å²) in [5, 5.41) is 7.67. The van der Waals surface area contributed by atoms with E-state index in [4.69, 9.17) is 5.14 Å². The van der Waals surface area contributed by atoms with Gasteiger partial charge in [0.15, 0.2) is 0 Å². The van der Waals surface area contributed by atoms with E-state index in [1.807, 2.05) is 30.3 Å². The van der Waals surface area contributed by atoms with Crippen molar-refractivity contribution in [3.63, 3.8) is 0 Å². The van der Waals surface area contributed by atoms with Crippen molar-refractivity contribution in [3.05, 3.63) is 47.7 Å². The van der Waals surface area contributed by atoms with Crippen LogP contribution in [0, 0.1) is 0 Å². The molecule has 24 heavy (non-hydrogen) atoms. The molecular formula is C15H17N5O3S. The van der Waals surface area contributed by atoms with E-state index in [1.54, 1.807) is 18.1 Å². The Morgan fingerprint density at radius 3 is 2.67 bits per heavy atom. The highest BCUT2D eigenvalue weighted by molar-refractivity contribution is 7.87. The van der Waals surface area contributed by atoms with E-state index in [9.17, 15) is 13.2 Å². The standard InChI is InChI=1S/C15H17N5O3S/c1-20-9-13-12(6-7-17-14(13)19-15(20)21)11-4-2-10(3-5-11)8-18-24(16,22)23/h2-7,18H,8-9H2,1H3,(H2,16,22,23)(H,17,19,21). The molecule has 0 atom stereocenters. The van der Waals surface area contributed by atoms with E-state index in [2.05, 4.69) is 15.0 Å². The Morgan fingerprint density at radius 1 is 1.29 bits per heavy atom. The number of benzene rings is 1. The van der Waals surface area contributed by atoms with Gasteiger partial charge in [0.05, 0.1) is 6.54 Å². The van der Waals surface area contributed by atoms with Crippen LogP contribution in [0.3, 0.4) is 0 Å². The van der Waals surface area contributed by atoms with Gasteiger partial charge in [-0.3, -0.25) is 5.32 Å². The summed E-state index contributed by atoms with van der Waals surface area (Å²) in [6.45, 7) is 0.603. The minimum absolute atomic E-state index is 0.131. The summed E-state index contributed by atoms with van der Waals surface area (Å²) in [7, 11) is -1.99. The predicted octanol–water partition coefficient (Wildman–Crippen LogP) is 1.02. The number of nitrogens with one attached hydrogen (secondary N) is 2. The van der Waals surface area contributed by atoms with E-state index >= 15 is 0 Å². The topological polar surface area (TPSA) is 117 Å². The molecule has 1 aromatic heterocycles. The van der Waals surface area contributed by atoms with Crippen LogP contribution in [0.1, 0.15) is 11.1 Å². The molecule has 0 unspecified atom stereocenters. The number of carbonyl (C=O) groups is 1. The zero-order valence-electron chi connectivity index (χ0n) is 13.0. The van der Waals surface area contributed by atoms with Gasteiger partial charge in [-0.25, -0.2) is 14.9 Å². The molecule has 3 rings (SSSR count). The second-order valence-electron chi connectivity index (χ2n) is 5.53. The lowest BCUT2D eigenvalue weighted by Crippen LogP contribution is -2.36. The number of nitrogens with zero attached hydrogens (tertiary/aromatic N) is 2. The fourth-order valence-electron chi connectivity index (χ4n) is 2.52. The first-order valence-corrected chi connectivity index (χ1v) is 8.75. The average Bonchev–Trinajstić information content (AvgIpc) is 2.53. The van der Waals surface area contributed by atoms with Crippen molar-refractivity contribution in [1.82, 2.24) is 14.6 Å². The van der Waals surface area contributed by atoms with Crippen molar-refractivity contribution in [2.75, 3.05) is 12.4 Å².